The maximum absolute atomic E-state index is 12.5. The maximum Gasteiger partial charge on any atom is 0.224 e. The Morgan fingerprint density at radius 2 is 2.04 bits per heavy atom. The summed E-state index contributed by atoms with van der Waals surface area (Å²) in [5, 5.41) is 1.38. The van der Waals surface area contributed by atoms with Crippen molar-refractivity contribution in [3.05, 3.63) is 36.0 Å². The molecule has 1 aromatic heterocycles. The zero-order valence-electron chi connectivity index (χ0n) is 14.3. The van der Waals surface area contributed by atoms with Crippen LogP contribution in [0, 0.1) is 6.92 Å². The second-order valence-electron chi connectivity index (χ2n) is 6.40. The second-order valence-corrected chi connectivity index (χ2v) is 8.07. The largest absolute Gasteiger partial charge is 0.347 e. The molecule has 1 N–H and O–H groups in total. The SMILES string of the molecule is CNS(=O)C1CCN(C(=O)CCn2ccc3cc(C)ccc32)CC1. The number of aromatic nitrogens is 1. The average Bonchev–Trinajstić information content (AvgIpc) is 3.01. The van der Waals surface area contributed by atoms with Gasteiger partial charge in [-0.2, -0.15) is 0 Å². The van der Waals surface area contributed by atoms with Gasteiger partial charge in [-0.05, 0) is 50.4 Å². The van der Waals surface area contributed by atoms with Gasteiger partial charge in [0.25, 0.3) is 0 Å². The van der Waals surface area contributed by atoms with Crippen molar-refractivity contribution < 1.29 is 9.00 Å². The molecule has 130 valence electrons. The number of amides is 1. The maximum atomic E-state index is 12.5. The van der Waals surface area contributed by atoms with Crippen LogP contribution in [-0.4, -0.2) is 45.0 Å². The Labute approximate surface area is 145 Å². The first-order chi connectivity index (χ1) is 11.6. The van der Waals surface area contributed by atoms with Crippen LogP contribution in [0.5, 0.6) is 0 Å². The number of carbonyl (C=O) groups excluding carboxylic acids is 1. The third-order valence-electron chi connectivity index (χ3n) is 4.79. The summed E-state index contributed by atoms with van der Waals surface area (Å²) in [4.78, 5) is 14.4. The number of fused-ring (bicyclic) bond motifs is 1. The van der Waals surface area contributed by atoms with Gasteiger partial charge in [-0.1, -0.05) is 11.6 Å². The Kier molecular flexibility index (Phi) is 5.36. The minimum atomic E-state index is -0.979. The minimum Gasteiger partial charge on any atom is -0.347 e. The van der Waals surface area contributed by atoms with Gasteiger partial charge >= 0.3 is 0 Å². The zero-order valence-corrected chi connectivity index (χ0v) is 15.1. The van der Waals surface area contributed by atoms with Crippen molar-refractivity contribution >= 4 is 27.8 Å². The van der Waals surface area contributed by atoms with Crippen LogP contribution in [0.3, 0.4) is 0 Å². The van der Waals surface area contributed by atoms with E-state index >= 15 is 0 Å². The molecule has 5 nitrogen and oxygen atoms in total. The van der Waals surface area contributed by atoms with Gasteiger partial charge in [-0.25, -0.2) is 8.93 Å². The molecule has 0 bridgehead atoms. The Morgan fingerprint density at radius 3 is 2.75 bits per heavy atom. The van der Waals surface area contributed by atoms with E-state index < -0.39 is 11.0 Å². The molecule has 1 aliphatic rings. The molecular weight excluding hydrogens is 322 g/mol. The number of hydrogen-bond donors (Lipinski definition) is 1. The lowest BCUT2D eigenvalue weighted by molar-refractivity contribution is -0.132. The van der Waals surface area contributed by atoms with Crippen molar-refractivity contribution in [3.8, 4) is 0 Å². The fraction of sp³-hybridized carbons (Fsp3) is 0.500. The first-order valence-electron chi connectivity index (χ1n) is 8.49. The van der Waals surface area contributed by atoms with E-state index in [1.807, 2.05) is 4.90 Å². The number of nitrogens with zero attached hydrogens (tertiary/aromatic N) is 2. The number of hydrogen-bond acceptors (Lipinski definition) is 2. The summed E-state index contributed by atoms with van der Waals surface area (Å²) in [6, 6.07) is 8.49. The van der Waals surface area contributed by atoms with Gasteiger partial charge in [-0.15, -0.1) is 0 Å². The normalized spacial score (nSPS) is 17.3. The second kappa shape index (κ2) is 7.49. The molecule has 1 atom stereocenters. The molecule has 0 radical (unpaired) electrons. The van der Waals surface area contributed by atoms with Gasteiger partial charge in [0.1, 0.15) is 0 Å². The molecular formula is C18H25N3O2S. The molecule has 2 aromatic rings. The lowest BCUT2D eigenvalue weighted by Crippen LogP contribution is -2.43. The van der Waals surface area contributed by atoms with Crippen LogP contribution in [-0.2, 0) is 22.3 Å². The highest BCUT2D eigenvalue weighted by molar-refractivity contribution is 7.83. The third-order valence-corrected chi connectivity index (χ3v) is 6.27. The summed E-state index contributed by atoms with van der Waals surface area (Å²) in [6.45, 7) is 4.21. The smallest absolute Gasteiger partial charge is 0.224 e. The summed E-state index contributed by atoms with van der Waals surface area (Å²) >= 11 is 0. The van der Waals surface area contributed by atoms with E-state index in [0.717, 1.165) is 12.8 Å². The van der Waals surface area contributed by atoms with Crippen LogP contribution in [0.15, 0.2) is 30.5 Å². The quantitative estimate of drug-likeness (QED) is 0.902. The minimum absolute atomic E-state index is 0.163. The molecule has 1 unspecified atom stereocenters. The predicted molar refractivity (Wildman–Crippen MR) is 98.1 cm³/mol. The van der Waals surface area contributed by atoms with E-state index in [9.17, 15) is 9.00 Å². The third kappa shape index (κ3) is 3.70. The fourth-order valence-electron chi connectivity index (χ4n) is 3.37. The van der Waals surface area contributed by atoms with Gasteiger partial charge in [0.15, 0.2) is 0 Å². The van der Waals surface area contributed by atoms with Gasteiger partial charge in [0.2, 0.25) is 5.91 Å². The predicted octanol–water partition coefficient (Wildman–Crippen LogP) is 2.21. The van der Waals surface area contributed by atoms with Crippen molar-refractivity contribution in [3.63, 3.8) is 0 Å². The Balaban J connectivity index is 1.55. The van der Waals surface area contributed by atoms with Crippen molar-refractivity contribution in [1.29, 1.82) is 0 Å². The van der Waals surface area contributed by atoms with E-state index in [1.54, 1.807) is 7.05 Å². The number of nitrogens with one attached hydrogen (secondary N) is 1. The molecule has 1 saturated heterocycles. The Morgan fingerprint density at radius 1 is 1.29 bits per heavy atom. The first kappa shape index (κ1) is 17.2. The Hall–Kier alpha value is -1.66. The van der Waals surface area contributed by atoms with E-state index in [4.69, 9.17) is 0 Å². The summed E-state index contributed by atoms with van der Waals surface area (Å²) in [5.41, 5.74) is 2.43. The number of piperidine rings is 1. The van der Waals surface area contributed by atoms with Gasteiger partial charge in [-0.3, -0.25) is 4.79 Å². The van der Waals surface area contributed by atoms with Crippen molar-refractivity contribution in [1.82, 2.24) is 14.2 Å². The van der Waals surface area contributed by atoms with Gasteiger partial charge in [0.05, 0.1) is 16.2 Å². The van der Waals surface area contributed by atoms with Crippen LogP contribution in [0.1, 0.15) is 24.8 Å². The molecule has 1 aromatic carbocycles. The van der Waals surface area contributed by atoms with E-state index in [0.29, 0.717) is 26.1 Å². The van der Waals surface area contributed by atoms with Crippen LogP contribution in [0.4, 0.5) is 0 Å². The molecule has 0 saturated carbocycles. The highest BCUT2D eigenvalue weighted by Crippen LogP contribution is 2.19. The number of rotatable bonds is 5. The fourth-order valence-corrected chi connectivity index (χ4v) is 4.35. The van der Waals surface area contributed by atoms with E-state index in [-0.39, 0.29) is 11.2 Å². The number of aryl methyl sites for hydroxylation is 2. The van der Waals surface area contributed by atoms with Crippen LogP contribution in [0.25, 0.3) is 10.9 Å². The van der Waals surface area contributed by atoms with Crippen LogP contribution >= 0.6 is 0 Å². The highest BCUT2D eigenvalue weighted by atomic mass is 32.2. The summed E-state index contributed by atoms with van der Waals surface area (Å²) < 4.78 is 16.7. The molecule has 1 amide bonds. The molecule has 0 aliphatic carbocycles. The van der Waals surface area contributed by atoms with Gasteiger partial charge in [0, 0.05) is 37.8 Å². The van der Waals surface area contributed by atoms with Crippen LogP contribution in [0.2, 0.25) is 0 Å². The standard InChI is InChI=1S/C18H25N3O2S/c1-14-3-4-17-15(13-14)5-9-20(17)12-8-18(22)21-10-6-16(7-11-21)24(23)19-2/h3-5,9,13,16,19H,6-8,10-12H2,1-2H3. The summed E-state index contributed by atoms with van der Waals surface area (Å²) in [6.07, 6.45) is 4.19. The number of carbonyl (C=O) groups is 1. The van der Waals surface area contributed by atoms with Crippen molar-refractivity contribution in [2.45, 2.75) is 38.0 Å². The average molecular weight is 347 g/mol. The zero-order chi connectivity index (χ0) is 17.1. The lowest BCUT2D eigenvalue weighted by Gasteiger charge is -2.31. The monoisotopic (exact) mass is 347 g/mol. The van der Waals surface area contributed by atoms with Crippen molar-refractivity contribution in [2.24, 2.45) is 0 Å². The summed E-state index contributed by atoms with van der Waals surface area (Å²) in [5.74, 6) is 0.192. The van der Waals surface area contributed by atoms with Crippen LogP contribution < -0.4 is 4.72 Å². The Bertz CT molecular complexity index is 748. The highest BCUT2D eigenvalue weighted by Gasteiger charge is 2.25. The number of benzene rings is 1. The van der Waals surface area contributed by atoms with Crippen molar-refractivity contribution in [2.75, 3.05) is 20.1 Å². The molecule has 1 aliphatic heterocycles. The van der Waals surface area contributed by atoms with E-state index in [2.05, 4.69) is 46.7 Å². The first-order valence-corrected chi connectivity index (χ1v) is 9.71. The molecule has 3 rings (SSSR count). The molecule has 6 heteroatoms. The topological polar surface area (TPSA) is 54.3 Å². The van der Waals surface area contributed by atoms with E-state index in [1.165, 1.54) is 16.5 Å². The molecule has 1 fully saturated rings. The molecule has 2 heterocycles. The molecule has 24 heavy (non-hydrogen) atoms. The molecule has 0 spiro atoms. The van der Waals surface area contributed by atoms with Gasteiger partial charge < -0.3 is 9.47 Å². The number of likely N-dealkylation sites (tertiary alicyclic amines) is 1. The lowest BCUT2D eigenvalue weighted by atomic mass is 10.1. The summed E-state index contributed by atoms with van der Waals surface area (Å²) in [7, 11) is 0.739.